The van der Waals surface area contributed by atoms with E-state index in [1.54, 1.807) is 11.3 Å². The number of nitrogens with one attached hydrogen (secondary N) is 1. The van der Waals surface area contributed by atoms with Crippen molar-refractivity contribution < 1.29 is 0 Å². The summed E-state index contributed by atoms with van der Waals surface area (Å²) in [6, 6.07) is 6.39. The van der Waals surface area contributed by atoms with Gasteiger partial charge in [-0.15, -0.1) is 35.3 Å². The third-order valence-corrected chi connectivity index (χ3v) is 4.65. The number of hydrogen-bond donors (Lipinski definition) is 1. The topological polar surface area (TPSA) is 32.6 Å². The predicted octanol–water partition coefficient (Wildman–Crippen LogP) is 3.72. The van der Waals surface area contributed by atoms with Gasteiger partial charge in [-0.25, -0.2) is 0 Å². The average molecular weight is 497 g/mol. The summed E-state index contributed by atoms with van der Waals surface area (Å²) in [6.45, 7) is 1.72. The number of halogens is 2. The van der Waals surface area contributed by atoms with Gasteiger partial charge in [-0.1, -0.05) is 6.07 Å². The highest BCUT2D eigenvalue weighted by atomic mass is 127. The standard InChI is InChI=1S/C15H21BrN4S.HI/c1-17-15(18-7-6-14-5-4-8-21-14)20(3)11-13-9-12(16)10-19(13)2;/h4-5,8-10H,6-7,11H2,1-3H3,(H,17,18);1H. The molecule has 1 N–H and O–H groups in total. The molecule has 0 radical (unpaired) electrons. The van der Waals surface area contributed by atoms with Gasteiger partial charge >= 0.3 is 0 Å². The minimum absolute atomic E-state index is 0. The van der Waals surface area contributed by atoms with Gasteiger partial charge in [-0.2, -0.15) is 0 Å². The van der Waals surface area contributed by atoms with Gasteiger partial charge in [0.05, 0.1) is 6.54 Å². The van der Waals surface area contributed by atoms with Gasteiger partial charge in [0, 0.05) is 48.9 Å². The predicted molar refractivity (Wildman–Crippen MR) is 109 cm³/mol. The lowest BCUT2D eigenvalue weighted by Gasteiger charge is -2.22. The molecular formula is C15H22BrIN4S. The Morgan fingerprint density at radius 3 is 2.82 bits per heavy atom. The minimum Gasteiger partial charge on any atom is -0.356 e. The van der Waals surface area contributed by atoms with Crippen molar-refractivity contribution in [3.05, 3.63) is 44.8 Å². The number of aryl methyl sites for hydroxylation is 1. The second kappa shape index (κ2) is 9.57. The van der Waals surface area contributed by atoms with Gasteiger partial charge in [0.25, 0.3) is 0 Å². The molecular weight excluding hydrogens is 475 g/mol. The molecule has 0 saturated heterocycles. The van der Waals surface area contributed by atoms with Crippen LogP contribution in [0.5, 0.6) is 0 Å². The summed E-state index contributed by atoms with van der Waals surface area (Å²) in [5.41, 5.74) is 1.24. The van der Waals surface area contributed by atoms with E-state index in [4.69, 9.17) is 0 Å². The van der Waals surface area contributed by atoms with Crippen LogP contribution in [0.15, 0.2) is 39.2 Å². The Kier molecular flexibility index (Phi) is 8.48. The largest absolute Gasteiger partial charge is 0.356 e. The maximum Gasteiger partial charge on any atom is 0.193 e. The molecule has 0 bridgehead atoms. The van der Waals surface area contributed by atoms with Crippen LogP contribution in [-0.2, 0) is 20.0 Å². The summed E-state index contributed by atoms with van der Waals surface area (Å²) in [4.78, 5) is 7.88. The van der Waals surface area contributed by atoms with E-state index < -0.39 is 0 Å². The van der Waals surface area contributed by atoms with Gasteiger partial charge in [0.1, 0.15) is 0 Å². The summed E-state index contributed by atoms with van der Waals surface area (Å²) in [7, 11) is 5.94. The fraction of sp³-hybridized carbons (Fsp3) is 0.400. The molecule has 22 heavy (non-hydrogen) atoms. The zero-order valence-corrected chi connectivity index (χ0v) is 17.8. The molecule has 2 aromatic rings. The van der Waals surface area contributed by atoms with Crippen molar-refractivity contribution in [2.45, 2.75) is 13.0 Å². The molecule has 0 unspecified atom stereocenters. The van der Waals surface area contributed by atoms with Crippen molar-refractivity contribution in [2.24, 2.45) is 12.0 Å². The van der Waals surface area contributed by atoms with Crippen LogP contribution >= 0.6 is 51.2 Å². The normalized spacial score (nSPS) is 11.2. The Bertz CT molecular complexity index is 595. The van der Waals surface area contributed by atoms with Crippen LogP contribution in [0.25, 0.3) is 0 Å². The Hall–Kier alpha value is -0.540. The summed E-state index contributed by atoms with van der Waals surface area (Å²) < 4.78 is 3.23. The van der Waals surface area contributed by atoms with Gasteiger partial charge < -0.3 is 14.8 Å². The Labute approximate surface area is 161 Å². The van der Waals surface area contributed by atoms with Crippen molar-refractivity contribution >= 4 is 57.2 Å². The van der Waals surface area contributed by atoms with Crippen LogP contribution in [0.4, 0.5) is 0 Å². The monoisotopic (exact) mass is 496 g/mol. The molecule has 4 nitrogen and oxygen atoms in total. The summed E-state index contributed by atoms with van der Waals surface area (Å²) >= 11 is 5.30. The molecule has 2 aromatic heterocycles. The number of rotatable bonds is 5. The van der Waals surface area contributed by atoms with Crippen LogP contribution in [0, 0.1) is 0 Å². The molecule has 0 aliphatic heterocycles. The van der Waals surface area contributed by atoms with E-state index >= 15 is 0 Å². The maximum atomic E-state index is 4.35. The third-order valence-electron chi connectivity index (χ3n) is 3.28. The van der Waals surface area contributed by atoms with Gasteiger partial charge in [-0.05, 0) is 39.9 Å². The SMILES string of the molecule is CN=C(NCCc1cccs1)N(C)Cc1cc(Br)cn1C.I. The average Bonchev–Trinajstić information content (AvgIpc) is 3.05. The Morgan fingerprint density at radius 2 is 2.27 bits per heavy atom. The van der Waals surface area contributed by atoms with Crippen LogP contribution < -0.4 is 5.32 Å². The Morgan fingerprint density at radius 1 is 1.50 bits per heavy atom. The van der Waals surface area contributed by atoms with E-state index in [9.17, 15) is 0 Å². The Balaban J connectivity index is 0.00000242. The molecule has 0 spiro atoms. The zero-order valence-electron chi connectivity index (χ0n) is 13.0. The van der Waals surface area contributed by atoms with Crippen molar-refractivity contribution in [1.82, 2.24) is 14.8 Å². The van der Waals surface area contributed by atoms with Crippen LogP contribution in [0.2, 0.25) is 0 Å². The molecule has 0 aliphatic rings. The number of aliphatic imine (C=N–C) groups is 1. The number of aromatic nitrogens is 1. The van der Waals surface area contributed by atoms with Gasteiger partial charge in [0.2, 0.25) is 0 Å². The van der Waals surface area contributed by atoms with Crippen LogP contribution in [0.1, 0.15) is 10.6 Å². The molecule has 7 heteroatoms. The fourth-order valence-electron chi connectivity index (χ4n) is 2.18. The first-order valence-electron chi connectivity index (χ1n) is 6.85. The van der Waals surface area contributed by atoms with Crippen molar-refractivity contribution in [1.29, 1.82) is 0 Å². The van der Waals surface area contributed by atoms with Crippen molar-refractivity contribution in [3.63, 3.8) is 0 Å². The van der Waals surface area contributed by atoms with E-state index in [1.807, 2.05) is 7.05 Å². The van der Waals surface area contributed by atoms with Crippen molar-refractivity contribution in [2.75, 3.05) is 20.6 Å². The molecule has 0 fully saturated rings. The minimum atomic E-state index is 0. The molecule has 2 heterocycles. The highest BCUT2D eigenvalue weighted by Gasteiger charge is 2.09. The fourth-order valence-corrected chi connectivity index (χ4v) is 3.46. The second-order valence-corrected chi connectivity index (χ2v) is 6.87. The number of hydrogen-bond acceptors (Lipinski definition) is 2. The van der Waals surface area contributed by atoms with Crippen LogP contribution in [-0.4, -0.2) is 36.1 Å². The first kappa shape index (κ1) is 19.5. The smallest absolute Gasteiger partial charge is 0.193 e. The second-order valence-electron chi connectivity index (χ2n) is 4.92. The highest BCUT2D eigenvalue weighted by molar-refractivity contribution is 14.0. The van der Waals surface area contributed by atoms with E-state index in [1.165, 1.54) is 10.6 Å². The summed E-state index contributed by atoms with van der Waals surface area (Å²) in [6.07, 6.45) is 3.09. The van der Waals surface area contributed by atoms with E-state index in [0.29, 0.717) is 0 Å². The molecule has 0 atom stereocenters. The summed E-state index contributed by atoms with van der Waals surface area (Å²) in [5.74, 6) is 0.920. The molecule has 0 saturated carbocycles. The van der Waals surface area contributed by atoms with Crippen LogP contribution in [0.3, 0.4) is 0 Å². The maximum absolute atomic E-state index is 4.35. The first-order valence-corrected chi connectivity index (χ1v) is 8.52. The van der Waals surface area contributed by atoms with Gasteiger partial charge in [0.15, 0.2) is 5.96 Å². The first-order chi connectivity index (χ1) is 10.1. The number of nitrogens with zero attached hydrogens (tertiary/aromatic N) is 3. The van der Waals surface area contributed by atoms with Gasteiger partial charge in [-0.3, -0.25) is 4.99 Å². The van der Waals surface area contributed by atoms with Crippen molar-refractivity contribution in [3.8, 4) is 0 Å². The third kappa shape index (κ3) is 5.58. The lowest BCUT2D eigenvalue weighted by molar-refractivity contribution is 0.462. The quantitative estimate of drug-likeness (QED) is 0.388. The highest BCUT2D eigenvalue weighted by Crippen LogP contribution is 2.15. The zero-order chi connectivity index (χ0) is 15.2. The molecule has 122 valence electrons. The molecule has 0 amide bonds. The number of guanidine groups is 1. The van der Waals surface area contributed by atoms with E-state index in [-0.39, 0.29) is 24.0 Å². The molecule has 2 rings (SSSR count). The number of thiophene rings is 1. The van der Waals surface area contributed by atoms with E-state index in [0.717, 1.165) is 29.9 Å². The summed E-state index contributed by atoms with van der Waals surface area (Å²) in [5, 5.41) is 5.53. The lowest BCUT2D eigenvalue weighted by Crippen LogP contribution is -2.39. The lowest BCUT2D eigenvalue weighted by atomic mass is 10.3. The molecule has 0 aliphatic carbocycles. The van der Waals surface area contributed by atoms with E-state index in [2.05, 4.69) is 79.6 Å². The molecule has 0 aromatic carbocycles.